The number of aliphatic hydroxyl groups excluding tert-OH is 1. The molecule has 0 saturated heterocycles. The Balaban J connectivity index is 5.18. The van der Waals surface area contributed by atoms with E-state index in [2.05, 4.69) is 41.5 Å². The van der Waals surface area contributed by atoms with Crippen LogP contribution in [-0.4, -0.2) is 96.7 Å². The summed E-state index contributed by atoms with van der Waals surface area (Å²) in [7, 11) is -9.92. The van der Waals surface area contributed by atoms with Crippen LogP contribution in [0, 0.1) is 11.8 Å². The summed E-state index contributed by atoms with van der Waals surface area (Å²) in [5.41, 5.74) is 0. The van der Waals surface area contributed by atoms with E-state index in [1.807, 2.05) is 0 Å². The number of rotatable bonds is 83. The molecule has 0 aromatic heterocycles. The van der Waals surface area contributed by atoms with E-state index in [4.69, 9.17) is 37.0 Å². The average Bonchev–Trinajstić information content (AvgIpc) is 0.912. The summed E-state index contributed by atoms with van der Waals surface area (Å²) >= 11 is 0. The van der Waals surface area contributed by atoms with Crippen molar-refractivity contribution in [3.63, 3.8) is 0 Å². The maximum absolute atomic E-state index is 13.1. The topological polar surface area (TPSA) is 237 Å². The first kappa shape index (κ1) is 101. The summed E-state index contributed by atoms with van der Waals surface area (Å²) in [6.07, 6.45) is 67.1. The van der Waals surface area contributed by atoms with E-state index in [1.54, 1.807) is 0 Å². The Morgan fingerprint density at radius 1 is 0.262 bits per heavy atom. The van der Waals surface area contributed by atoms with Crippen LogP contribution in [0.3, 0.4) is 0 Å². The zero-order valence-corrected chi connectivity index (χ0v) is 69.4. The zero-order chi connectivity index (χ0) is 75.6. The van der Waals surface area contributed by atoms with E-state index >= 15 is 0 Å². The molecule has 0 rings (SSSR count). The fourth-order valence-electron chi connectivity index (χ4n) is 13.1. The van der Waals surface area contributed by atoms with Crippen LogP contribution in [0.15, 0.2) is 0 Å². The molecular weight excluding hydrogens is 1340 g/mol. The highest BCUT2D eigenvalue weighted by Gasteiger charge is 2.30. The van der Waals surface area contributed by atoms with Crippen molar-refractivity contribution in [2.24, 2.45) is 11.8 Å². The van der Waals surface area contributed by atoms with Crippen LogP contribution in [-0.2, 0) is 65.4 Å². The van der Waals surface area contributed by atoms with Crippen molar-refractivity contribution in [2.75, 3.05) is 39.6 Å². The molecule has 3 N–H and O–H groups in total. The van der Waals surface area contributed by atoms with Gasteiger partial charge in [-0.15, -0.1) is 0 Å². The highest BCUT2D eigenvalue weighted by molar-refractivity contribution is 7.47. The molecule has 17 nitrogen and oxygen atoms in total. The molecule has 2 unspecified atom stereocenters. The predicted molar refractivity (Wildman–Crippen MR) is 423 cm³/mol. The molecule has 0 heterocycles. The Bertz CT molecular complexity index is 1980. The van der Waals surface area contributed by atoms with Crippen LogP contribution < -0.4 is 0 Å². The van der Waals surface area contributed by atoms with Gasteiger partial charge in [-0.1, -0.05) is 395 Å². The first-order valence-electron chi connectivity index (χ1n) is 43.5. The van der Waals surface area contributed by atoms with Gasteiger partial charge in [-0.3, -0.25) is 37.3 Å². The average molecular weight is 1510 g/mol. The van der Waals surface area contributed by atoms with Gasteiger partial charge in [0.25, 0.3) is 0 Å². The summed E-state index contributed by atoms with van der Waals surface area (Å²) in [6, 6.07) is 0. The Labute approximate surface area is 632 Å². The van der Waals surface area contributed by atoms with E-state index in [0.29, 0.717) is 31.6 Å². The lowest BCUT2D eigenvalue weighted by molar-refractivity contribution is -0.161. The van der Waals surface area contributed by atoms with Crippen LogP contribution in [0.4, 0.5) is 0 Å². The van der Waals surface area contributed by atoms with Crippen molar-refractivity contribution in [1.29, 1.82) is 0 Å². The first-order valence-corrected chi connectivity index (χ1v) is 46.5. The van der Waals surface area contributed by atoms with Crippen LogP contribution in [0.5, 0.6) is 0 Å². The van der Waals surface area contributed by atoms with Gasteiger partial charge < -0.3 is 33.8 Å². The summed E-state index contributed by atoms with van der Waals surface area (Å²) in [4.78, 5) is 73.0. The normalized spacial score (nSPS) is 13.9. The number of esters is 4. The highest BCUT2D eigenvalue weighted by atomic mass is 31.2. The highest BCUT2D eigenvalue weighted by Crippen LogP contribution is 2.45. The number of hydrogen-bond donors (Lipinski definition) is 3. The molecule has 103 heavy (non-hydrogen) atoms. The van der Waals surface area contributed by atoms with E-state index in [-0.39, 0.29) is 25.7 Å². The fourth-order valence-corrected chi connectivity index (χ4v) is 14.6. The second-order valence-electron chi connectivity index (χ2n) is 31.2. The maximum Gasteiger partial charge on any atom is 0.472 e. The van der Waals surface area contributed by atoms with Crippen molar-refractivity contribution in [2.45, 2.75) is 464 Å². The number of carbonyl (C=O) groups excluding carboxylic acids is 4. The summed E-state index contributed by atoms with van der Waals surface area (Å²) < 4.78 is 68.7. The number of unbranched alkanes of at least 4 members (excludes halogenated alkanes) is 53. The lowest BCUT2D eigenvalue weighted by atomic mass is 10.0. The third-order valence-electron chi connectivity index (χ3n) is 19.7. The number of phosphoric acid groups is 2. The van der Waals surface area contributed by atoms with Gasteiger partial charge in [0.05, 0.1) is 26.4 Å². The third-order valence-corrected chi connectivity index (χ3v) is 21.6. The van der Waals surface area contributed by atoms with Gasteiger partial charge in [0.1, 0.15) is 19.3 Å². The summed E-state index contributed by atoms with van der Waals surface area (Å²) in [5.74, 6) is -0.695. The van der Waals surface area contributed by atoms with Crippen LogP contribution >= 0.6 is 15.6 Å². The van der Waals surface area contributed by atoms with Crippen molar-refractivity contribution in [3.8, 4) is 0 Å². The Kier molecular flexibility index (Phi) is 74.1. The van der Waals surface area contributed by atoms with E-state index in [0.717, 1.165) is 102 Å². The summed E-state index contributed by atoms with van der Waals surface area (Å²) in [5, 5.41) is 10.6. The predicted octanol–water partition coefficient (Wildman–Crippen LogP) is 25.5. The molecule has 612 valence electrons. The van der Waals surface area contributed by atoms with Gasteiger partial charge in [-0.05, 0) is 37.5 Å². The molecule has 19 heteroatoms. The number of hydrogen-bond acceptors (Lipinski definition) is 15. The van der Waals surface area contributed by atoms with Crippen molar-refractivity contribution < 1.29 is 80.2 Å². The molecule has 0 bridgehead atoms. The van der Waals surface area contributed by atoms with Crippen molar-refractivity contribution >= 4 is 39.5 Å². The van der Waals surface area contributed by atoms with Crippen LogP contribution in [0.1, 0.15) is 446 Å². The maximum atomic E-state index is 13.1. The molecule has 0 aromatic carbocycles. The van der Waals surface area contributed by atoms with E-state index in [9.17, 15) is 43.2 Å². The fraction of sp³-hybridized carbons (Fsp3) is 0.952. The molecule has 0 spiro atoms. The van der Waals surface area contributed by atoms with Gasteiger partial charge in [-0.25, -0.2) is 9.13 Å². The van der Waals surface area contributed by atoms with Gasteiger partial charge in [0, 0.05) is 25.7 Å². The summed E-state index contributed by atoms with van der Waals surface area (Å²) in [6.45, 7) is 9.53. The molecule has 0 aromatic rings. The minimum absolute atomic E-state index is 0.105. The monoisotopic (exact) mass is 1510 g/mol. The molecule has 5 atom stereocenters. The third kappa shape index (κ3) is 78.0. The van der Waals surface area contributed by atoms with Crippen LogP contribution in [0.25, 0.3) is 0 Å². The molecule has 0 fully saturated rings. The minimum Gasteiger partial charge on any atom is -0.462 e. The quantitative estimate of drug-likeness (QED) is 0.0222. The SMILES string of the molecule is CCCCCCCCCCCCCCCCCCCCCCCCC(=O)O[C@H](COC(=O)CCCCCCCCCCCCCCCCCCCCCC)COP(=O)(O)OC[C@@H](O)COP(=O)(O)OC[C@@H](COC(=O)CCCCCCCCC(C)C)OC(=O)CCCCCCCCCCCC(C)C. The Hall–Kier alpha value is -1.94. The Morgan fingerprint density at radius 3 is 0.660 bits per heavy atom. The van der Waals surface area contributed by atoms with Crippen LogP contribution in [0.2, 0.25) is 0 Å². The lowest BCUT2D eigenvalue weighted by Gasteiger charge is -2.21. The number of phosphoric ester groups is 2. The smallest absolute Gasteiger partial charge is 0.462 e. The lowest BCUT2D eigenvalue weighted by Crippen LogP contribution is -2.30. The Morgan fingerprint density at radius 2 is 0.447 bits per heavy atom. The number of aliphatic hydroxyl groups is 1. The van der Waals surface area contributed by atoms with Crippen molar-refractivity contribution in [1.82, 2.24) is 0 Å². The molecular formula is C84H164O17P2. The van der Waals surface area contributed by atoms with E-state index in [1.165, 1.54) is 257 Å². The molecule has 0 radical (unpaired) electrons. The van der Waals surface area contributed by atoms with Crippen molar-refractivity contribution in [3.05, 3.63) is 0 Å². The molecule has 0 amide bonds. The van der Waals surface area contributed by atoms with E-state index < -0.39 is 97.5 Å². The van der Waals surface area contributed by atoms with Gasteiger partial charge in [0.15, 0.2) is 12.2 Å². The largest absolute Gasteiger partial charge is 0.472 e. The molecule has 0 saturated carbocycles. The zero-order valence-electron chi connectivity index (χ0n) is 67.6. The first-order chi connectivity index (χ1) is 49.9. The second kappa shape index (κ2) is 75.5. The molecule has 0 aliphatic rings. The number of ether oxygens (including phenoxy) is 4. The minimum atomic E-state index is -4.96. The molecule has 0 aliphatic carbocycles. The van der Waals surface area contributed by atoms with Gasteiger partial charge >= 0.3 is 39.5 Å². The second-order valence-corrected chi connectivity index (χ2v) is 34.1. The van der Waals surface area contributed by atoms with Gasteiger partial charge in [0.2, 0.25) is 0 Å². The standard InChI is InChI=1S/C84H164O17P2/c1-7-9-11-13-15-17-19-21-23-25-27-29-30-32-34-36-38-40-44-48-56-62-68-83(88)100-79(72-94-81(86)66-60-54-47-43-39-37-35-33-31-28-26-24-22-20-18-16-14-12-10-8-2)74-98-102(90,91)96-70-78(85)71-97-103(92,93)99-75-80(73-95-82(87)67-61-55-51-50-53-59-65-77(5)6)101-84(89)69-63-57-49-45-41-42-46-52-58-64-76(3)4/h76-80,85H,7-75H2,1-6H3,(H,90,91)(H,92,93)/t78-,79-,80-/m1/s1. The van der Waals surface area contributed by atoms with Gasteiger partial charge in [-0.2, -0.15) is 0 Å². The number of carbonyl (C=O) groups is 4. The molecule has 0 aliphatic heterocycles.